The summed E-state index contributed by atoms with van der Waals surface area (Å²) in [5, 5.41) is 6.24. The number of Topliss-reactive ketones (excluding diaryl/α,β-unsaturated/α-hetero) is 1. The van der Waals surface area contributed by atoms with E-state index in [0.717, 1.165) is 22.7 Å². The number of hydrogen-bond acceptors (Lipinski definition) is 6. The van der Waals surface area contributed by atoms with Crippen LogP contribution in [0.25, 0.3) is 16.4 Å². The predicted molar refractivity (Wildman–Crippen MR) is 135 cm³/mol. The van der Waals surface area contributed by atoms with Crippen LogP contribution in [-0.2, 0) is 25.5 Å². The van der Waals surface area contributed by atoms with Crippen molar-refractivity contribution in [2.45, 2.75) is 51.3 Å². The number of fused-ring (bicyclic) bond motifs is 1. The van der Waals surface area contributed by atoms with Crippen LogP contribution in [0.15, 0.2) is 55.0 Å². The van der Waals surface area contributed by atoms with Crippen molar-refractivity contribution < 1.29 is 28.7 Å². The first-order valence-electron chi connectivity index (χ1n) is 11.8. The molecule has 2 heterocycles. The quantitative estimate of drug-likeness (QED) is 0.148. The summed E-state index contributed by atoms with van der Waals surface area (Å²) in [5.74, 6) is -2.39. The molecule has 3 rings (SSSR count). The van der Waals surface area contributed by atoms with E-state index in [0.29, 0.717) is 0 Å². The summed E-state index contributed by atoms with van der Waals surface area (Å²) >= 11 is 0. The molecule has 0 fully saturated rings. The number of aromatic nitrogens is 2. The second-order valence-electron chi connectivity index (χ2n) is 8.63. The van der Waals surface area contributed by atoms with Gasteiger partial charge in [-0.05, 0) is 44.0 Å². The van der Waals surface area contributed by atoms with Gasteiger partial charge in [-0.3, -0.25) is 19.4 Å². The topological polar surface area (TPSA) is 167 Å². The summed E-state index contributed by atoms with van der Waals surface area (Å²) in [7, 11) is 0. The lowest BCUT2D eigenvalue weighted by Gasteiger charge is -2.23. The number of carbonyl (C=O) groups excluding carboxylic acids is 4. The van der Waals surface area contributed by atoms with Crippen LogP contribution >= 0.6 is 0 Å². The fraction of sp³-hybridized carbons (Fsp3) is 0.308. The number of nitrogens with zero attached hydrogens (tertiary/aromatic N) is 3. The molecule has 0 aliphatic rings. The van der Waals surface area contributed by atoms with Crippen molar-refractivity contribution in [1.82, 2.24) is 20.6 Å². The fourth-order valence-corrected chi connectivity index (χ4v) is 3.72. The number of aromatic amines is 1. The Morgan fingerprint density at radius 3 is 2.59 bits per heavy atom. The van der Waals surface area contributed by atoms with Crippen molar-refractivity contribution >= 4 is 40.7 Å². The molecule has 192 valence electrons. The average molecular weight is 505 g/mol. The largest absolute Gasteiger partial charge is 0.461 e. The molecule has 0 aliphatic carbocycles. The predicted octanol–water partition coefficient (Wildman–Crippen LogP) is 1.99. The summed E-state index contributed by atoms with van der Waals surface area (Å²) < 4.78 is 5.25. The summed E-state index contributed by atoms with van der Waals surface area (Å²) in [6.07, 6.45) is 4.82. The lowest BCUT2D eigenvalue weighted by atomic mass is 10.0. The molecule has 11 heteroatoms. The van der Waals surface area contributed by atoms with Crippen LogP contribution in [0.3, 0.4) is 0 Å². The Morgan fingerprint density at radius 1 is 1.11 bits per heavy atom. The number of H-pyrrole nitrogens is 1. The maximum absolute atomic E-state index is 13.4. The van der Waals surface area contributed by atoms with Crippen LogP contribution in [0.1, 0.15) is 42.6 Å². The minimum atomic E-state index is -1.16. The van der Waals surface area contributed by atoms with Gasteiger partial charge in [0.05, 0.1) is 11.7 Å². The third-order valence-corrected chi connectivity index (χ3v) is 5.48. The van der Waals surface area contributed by atoms with Gasteiger partial charge in [-0.2, -0.15) is 4.79 Å². The minimum absolute atomic E-state index is 0.0848. The van der Waals surface area contributed by atoms with Crippen molar-refractivity contribution in [2.75, 3.05) is 0 Å². The highest BCUT2D eigenvalue weighted by Gasteiger charge is 2.29. The lowest BCUT2D eigenvalue weighted by molar-refractivity contribution is -0.151. The molecule has 2 atom stereocenters. The van der Waals surface area contributed by atoms with Gasteiger partial charge in [0.2, 0.25) is 11.7 Å². The first-order chi connectivity index (χ1) is 17.8. The normalized spacial score (nSPS) is 12.3. The molecule has 0 spiro atoms. The van der Waals surface area contributed by atoms with E-state index in [-0.39, 0.29) is 24.8 Å². The fourth-order valence-electron chi connectivity index (χ4n) is 3.72. The highest BCUT2D eigenvalue weighted by Crippen LogP contribution is 2.19. The molecule has 1 aromatic carbocycles. The van der Waals surface area contributed by atoms with Gasteiger partial charge in [-0.25, -0.2) is 4.79 Å². The maximum Gasteiger partial charge on any atom is 0.328 e. The summed E-state index contributed by atoms with van der Waals surface area (Å²) in [6, 6.07) is 8.50. The second kappa shape index (κ2) is 12.9. The van der Waals surface area contributed by atoms with Gasteiger partial charge in [0.15, 0.2) is 0 Å². The zero-order valence-corrected chi connectivity index (χ0v) is 20.5. The van der Waals surface area contributed by atoms with Gasteiger partial charge < -0.3 is 25.9 Å². The van der Waals surface area contributed by atoms with Crippen LogP contribution in [0.4, 0.5) is 0 Å². The third-order valence-electron chi connectivity index (χ3n) is 5.48. The second-order valence-corrected chi connectivity index (χ2v) is 8.63. The van der Waals surface area contributed by atoms with Crippen LogP contribution < -0.4 is 10.6 Å². The number of ketones is 1. The minimum Gasteiger partial charge on any atom is -0.461 e. The van der Waals surface area contributed by atoms with Crippen molar-refractivity contribution in [3.63, 3.8) is 0 Å². The number of ether oxygens (including phenoxy) is 1. The molecular weight excluding hydrogens is 476 g/mol. The van der Waals surface area contributed by atoms with Gasteiger partial charge >= 0.3 is 12.2 Å². The highest BCUT2D eigenvalue weighted by atomic mass is 16.5. The zero-order valence-electron chi connectivity index (χ0n) is 20.5. The Balaban J connectivity index is 1.85. The number of amides is 2. The molecule has 0 radical (unpaired) electrons. The molecule has 3 N–H and O–H groups in total. The van der Waals surface area contributed by atoms with E-state index in [1.165, 1.54) is 12.4 Å². The van der Waals surface area contributed by atoms with E-state index in [4.69, 9.17) is 10.3 Å². The molecule has 37 heavy (non-hydrogen) atoms. The van der Waals surface area contributed by atoms with Gasteiger partial charge in [-0.1, -0.05) is 18.2 Å². The first-order valence-corrected chi connectivity index (χ1v) is 11.8. The number of rotatable bonds is 12. The van der Waals surface area contributed by atoms with E-state index in [1.54, 1.807) is 32.2 Å². The van der Waals surface area contributed by atoms with Crippen LogP contribution in [0, 0.1) is 0 Å². The number of hydrogen-bond donors (Lipinski definition) is 3. The number of carbonyl (C=O) groups is 4. The zero-order chi connectivity index (χ0) is 26.8. The van der Waals surface area contributed by atoms with Crippen molar-refractivity contribution in [3.8, 4) is 0 Å². The van der Waals surface area contributed by atoms with Gasteiger partial charge in [0, 0.05) is 42.3 Å². The molecule has 3 aromatic rings. The number of pyridine rings is 1. The molecule has 2 amide bonds. The smallest absolute Gasteiger partial charge is 0.328 e. The number of esters is 1. The Kier molecular flexibility index (Phi) is 9.40. The van der Waals surface area contributed by atoms with Crippen molar-refractivity contribution in [1.29, 1.82) is 0 Å². The van der Waals surface area contributed by atoms with E-state index < -0.39 is 41.8 Å². The molecule has 0 bridgehead atoms. The van der Waals surface area contributed by atoms with Crippen LogP contribution in [0.5, 0.6) is 0 Å². The number of nitrogens with one attached hydrogen (secondary N) is 3. The van der Waals surface area contributed by atoms with E-state index in [1.807, 2.05) is 24.3 Å². The molecule has 0 aliphatic heterocycles. The Labute approximate surface area is 213 Å². The van der Waals surface area contributed by atoms with E-state index in [9.17, 15) is 19.2 Å². The molecule has 0 saturated heterocycles. The maximum atomic E-state index is 13.4. The standard InChI is InChI=1S/C26H28N6O5/c1-16(2)37-26(36)22(10-9-19(33)15-30-27)31-25(35)23(32-24(34)17-6-5-11-28-13-17)12-18-14-29-21-8-4-3-7-20(18)21/h3-8,11,13-16,22-23,29H,9-10,12H2,1-2H3,(H,31,35)(H,32,34)/t22-,23-/m0/s1. The van der Waals surface area contributed by atoms with E-state index in [2.05, 4.69) is 25.4 Å². The van der Waals surface area contributed by atoms with Gasteiger partial charge in [0.1, 0.15) is 12.1 Å². The van der Waals surface area contributed by atoms with Gasteiger partial charge in [-0.15, -0.1) is 0 Å². The number of para-hydroxylation sites is 1. The molecule has 0 saturated carbocycles. The molecular formula is C26H28N6O5. The van der Waals surface area contributed by atoms with Crippen molar-refractivity contribution in [3.05, 3.63) is 71.6 Å². The number of benzene rings is 1. The Morgan fingerprint density at radius 2 is 1.89 bits per heavy atom. The van der Waals surface area contributed by atoms with Gasteiger partial charge in [0.25, 0.3) is 5.91 Å². The van der Waals surface area contributed by atoms with Crippen molar-refractivity contribution in [2.24, 2.45) is 0 Å². The summed E-state index contributed by atoms with van der Waals surface area (Å²) in [4.78, 5) is 60.6. The molecule has 0 unspecified atom stereocenters. The molecule has 2 aromatic heterocycles. The van der Waals surface area contributed by atoms with E-state index >= 15 is 0 Å². The lowest BCUT2D eigenvalue weighted by Crippen LogP contribution is -2.53. The van der Waals surface area contributed by atoms with Crippen LogP contribution in [0.2, 0.25) is 0 Å². The average Bonchev–Trinajstić information content (AvgIpc) is 3.29. The molecule has 11 nitrogen and oxygen atoms in total. The van der Waals surface area contributed by atoms with Crippen LogP contribution in [-0.4, -0.2) is 62.7 Å². The summed E-state index contributed by atoms with van der Waals surface area (Å²) in [5.41, 5.74) is 10.5. The Hall–Kier alpha value is -4.63. The highest BCUT2D eigenvalue weighted by molar-refractivity contribution is 6.25. The monoisotopic (exact) mass is 504 g/mol. The summed E-state index contributed by atoms with van der Waals surface area (Å²) in [6.45, 7) is 3.32. The Bertz CT molecular complexity index is 1310. The SMILES string of the molecule is CC(C)OC(=O)[C@H](CCC(=O)C=[N+]=[N-])NC(=O)[C@H](Cc1c[nH]c2ccccc12)NC(=O)c1cccnc1. The third kappa shape index (κ3) is 7.68. The first kappa shape index (κ1) is 27.0.